The number of benzene rings is 1. The van der Waals surface area contributed by atoms with E-state index < -0.39 is 6.43 Å². The number of aryl methyl sites for hydroxylation is 1. The monoisotopic (exact) mass is 213 g/mol. The Hall–Kier alpha value is -1.42. The fourth-order valence-electron chi connectivity index (χ4n) is 1.30. The normalized spacial score (nSPS) is 11.5. The van der Waals surface area contributed by atoms with E-state index in [1.54, 1.807) is 25.1 Å². The minimum atomic E-state index is -2.67. The lowest BCUT2D eigenvalue weighted by molar-refractivity contribution is 0.147. The SMILES string of the molecule is Cc1cc(/C=C/CN)cc(C(F)F)c1O. The lowest BCUT2D eigenvalue weighted by Gasteiger charge is -2.07. The van der Waals surface area contributed by atoms with E-state index in [4.69, 9.17) is 5.73 Å². The minimum Gasteiger partial charge on any atom is -0.507 e. The lowest BCUT2D eigenvalue weighted by atomic mass is 10.0. The van der Waals surface area contributed by atoms with Crippen molar-refractivity contribution in [2.24, 2.45) is 5.73 Å². The van der Waals surface area contributed by atoms with Gasteiger partial charge in [-0.2, -0.15) is 0 Å². The van der Waals surface area contributed by atoms with Crippen LogP contribution in [-0.4, -0.2) is 11.7 Å². The van der Waals surface area contributed by atoms with Gasteiger partial charge in [-0.05, 0) is 30.2 Å². The highest BCUT2D eigenvalue weighted by Gasteiger charge is 2.14. The van der Waals surface area contributed by atoms with Crippen LogP contribution in [-0.2, 0) is 0 Å². The maximum atomic E-state index is 12.5. The largest absolute Gasteiger partial charge is 0.507 e. The summed E-state index contributed by atoms with van der Waals surface area (Å²) in [5.74, 6) is -0.338. The van der Waals surface area contributed by atoms with E-state index in [1.807, 2.05) is 0 Å². The van der Waals surface area contributed by atoms with Crippen molar-refractivity contribution in [3.05, 3.63) is 34.9 Å². The molecule has 0 radical (unpaired) electrons. The van der Waals surface area contributed by atoms with Crippen molar-refractivity contribution in [1.82, 2.24) is 0 Å². The first-order valence-corrected chi connectivity index (χ1v) is 4.54. The molecular formula is C11H13F2NO. The quantitative estimate of drug-likeness (QED) is 0.810. The third-order valence-electron chi connectivity index (χ3n) is 2.03. The average molecular weight is 213 g/mol. The average Bonchev–Trinajstić information content (AvgIpc) is 2.19. The Kier molecular flexibility index (Phi) is 3.80. The summed E-state index contributed by atoms with van der Waals surface area (Å²) in [5, 5.41) is 9.39. The van der Waals surface area contributed by atoms with Crippen LogP contribution in [0.3, 0.4) is 0 Å². The van der Waals surface area contributed by atoms with E-state index in [-0.39, 0.29) is 11.3 Å². The zero-order valence-corrected chi connectivity index (χ0v) is 8.37. The first-order chi connectivity index (χ1) is 7.06. The van der Waals surface area contributed by atoms with Gasteiger partial charge in [0.15, 0.2) is 0 Å². The Balaban J connectivity index is 3.17. The van der Waals surface area contributed by atoms with Crippen LogP contribution in [0.2, 0.25) is 0 Å². The second-order valence-corrected chi connectivity index (χ2v) is 3.21. The van der Waals surface area contributed by atoms with E-state index in [0.29, 0.717) is 17.7 Å². The molecule has 0 unspecified atom stereocenters. The molecule has 1 aromatic carbocycles. The number of nitrogens with two attached hydrogens (primary N) is 1. The van der Waals surface area contributed by atoms with E-state index >= 15 is 0 Å². The smallest absolute Gasteiger partial charge is 0.267 e. The molecule has 15 heavy (non-hydrogen) atoms. The summed E-state index contributed by atoms with van der Waals surface area (Å²) in [5.41, 5.74) is 5.97. The van der Waals surface area contributed by atoms with Gasteiger partial charge in [0.05, 0.1) is 5.56 Å². The molecule has 0 saturated heterocycles. The van der Waals surface area contributed by atoms with E-state index in [0.717, 1.165) is 0 Å². The predicted octanol–water partition coefficient (Wildman–Crippen LogP) is 2.61. The molecule has 0 heterocycles. The zero-order chi connectivity index (χ0) is 11.4. The summed E-state index contributed by atoms with van der Waals surface area (Å²) >= 11 is 0. The Morgan fingerprint density at radius 3 is 2.67 bits per heavy atom. The van der Waals surface area contributed by atoms with Gasteiger partial charge in [0.1, 0.15) is 5.75 Å². The highest BCUT2D eigenvalue weighted by atomic mass is 19.3. The van der Waals surface area contributed by atoms with Crippen molar-refractivity contribution in [2.45, 2.75) is 13.3 Å². The van der Waals surface area contributed by atoms with Crippen LogP contribution < -0.4 is 5.73 Å². The number of hydrogen-bond acceptors (Lipinski definition) is 2. The standard InChI is InChI=1S/C11H13F2NO/c1-7-5-8(3-2-4-14)6-9(10(7)15)11(12)13/h2-3,5-6,11,15H,4,14H2,1H3/b3-2+. The topological polar surface area (TPSA) is 46.2 Å². The molecule has 0 aliphatic rings. The minimum absolute atomic E-state index is 0.338. The number of rotatable bonds is 3. The predicted molar refractivity (Wildman–Crippen MR) is 55.9 cm³/mol. The molecule has 0 saturated carbocycles. The summed E-state index contributed by atoms with van der Waals surface area (Å²) in [6, 6.07) is 2.90. The van der Waals surface area contributed by atoms with Crippen molar-refractivity contribution in [2.75, 3.05) is 6.54 Å². The van der Waals surface area contributed by atoms with E-state index in [9.17, 15) is 13.9 Å². The summed E-state index contributed by atoms with van der Waals surface area (Å²) in [6.45, 7) is 1.94. The molecule has 0 fully saturated rings. The molecule has 0 atom stereocenters. The van der Waals surface area contributed by atoms with Crippen molar-refractivity contribution in [3.8, 4) is 5.75 Å². The second kappa shape index (κ2) is 4.89. The third-order valence-corrected chi connectivity index (χ3v) is 2.03. The fraction of sp³-hybridized carbons (Fsp3) is 0.273. The third kappa shape index (κ3) is 2.76. The van der Waals surface area contributed by atoms with Crippen LogP contribution in [0.25, 0.3) is 6.08 Å². The van der Waals surface area contributed by atoms with Gasteiger partial charge >= 0.3 is 0 Å². The van der Waals surface area contributed by atoms with Crippen molar-refractivity contribution >= 4 is 6.08 Å². The highest BCUT2D eigenvalue weighted by molar-refractivity contribution is 5.56. The molecule has 0 aliphatic carbocycles. The van der Waals surface area contributed by atoms with Crippen LogP contribution in [0.4, 0.5) is 8.78 Å². The van der Waals surface area contributed by atoms with Gasteiger partial charge in [0, 0.05) is 6.54 Å². The van der Waals surface area contributed by atoms with Crippen molar-refractivity contribution in [3.63, 3.8) is 0 Å². The first-order valence-electron chi connectivity index (χ1n) is 4.54. The van der Waals surface area contributed by atoms with Gasteiger partial charge in [0.2, 0.25) is 0 Å². The lowest BCUT2D eigenvalue weighted by Crippen LogP contribution is -1.93. The van der Waals surface area contributed by atoms with Gasteiger partial charge in [-0.1, -0.05) is 12.2 Å². The van der Waals surface area contributed by atoms with Crippen LogP contribution in [0, 0.1) is 6.92 Å². The van der Waals surface area contributed by atoms with Gasteiger partial charge < -0.3 is 10.8 Å². The summed E-state index contributed by atoms with van der Waals surface area (Å²) in [7, 11) is 0. The van der Waals surface area contributed by atoms with Gasteiger partial charge in [-0.3, -0.25) is 0 Å². The first kappa shape index (κ1) is 11.7. The number of aromatic hydroxyl groups is 1. The zero-order valence-electron chi connectivity index (χ0n) is 8.37. The molecular weight excluding hydrogens is 200 g/mol. The highest BCUT2D eigenvalue weighted by Crippen LogP contribution is 2.32. The van der Waals surface area contributed by atoms with Gasteiger partial charge in [-0.25, -0.2) is 8.78 Å². The number of halogens is 2. The summed E-state index contributed by atoms with van der Waals surface area (Å²) < 4.78 is 25.0. The summed E-state index contributed by atoms with van der Waals surface area (Å²) in [6.07, 6.45) is 0.647. The van der Waals surface area contributed by atoms with Crippen LogP contribution >= 0.6 is 0 Å². The van der Waals surface area contributed by atoms with E-state index in [2.05, 4.69) is 0 Å². The summed E-state index contributed by atoms with van der Waals surface area (Å²) in [4.78, 5) is 0. The Bertz CT molecular complexity index is 375. The molecule has 0 bridgehead atoms. The molecule has 3 N–H and O–H groups in total. The molecule has 2 nitrogen and oxygen atoms in total. The van der Waals surface area contributed by atoms with Crippen LogP contribution in [0.1, 0.15) is 23.1 Å². The van der Waals surface area contributed by atoms with Gasteiger partial charge in [0.25, 0.3) is 6.43 Å². The maximum Gasteiger partial charge on any atom is 0.267 e. The van der Waals surface area contributed by atoms with Crippen molar-refractivity contribution in [1.29, 1.82) is 0 Å². The molecule has 0 amide bonds. The molecule has 4 heteroatoms. The Morgan fingerprint density at radius 1 is 1.47 bits per heavy atom. The number of phenols is 1. The molecule has 82 valence electrons. The Morgan fingerprint density at radius 2 is 2.13 bits per heavy atom. The molecule has 1 rings (SSSR count). The molecule has 1 aromatic rings. The number of hydrogen-bond donors (Lipinski definition) is 2. The second-order valence-electron chi connectivity index (χ2n) is 3.21. The Labute approximate surface area is 87.0 Å². The van der Waals surface area contributed by atoms with E-state index in [1.165, 1.54) is 6.07 Å². The molecule has 0 aliphatic heterocycles. The fourth-order valence-corrected chi connectivity index (χ4v) is 1.30. The molecule has 0 spiro atoms. The number of alkyl halides is 2. The van der Waals surface area contributed by atoms with Gasteiger partial charge in [-0.15, -0.1) is 0 Å². The van der Waals surface area contributed by atoms with Crippen LogP contribution in [0.5, 0.6) is 5.75 Å². The maximum absolute atomic E-state index is 12.5. The van der Waals surface area contributed by atoms with Crippen LogP contribution in [0.15, 0.2) is 18.2 Å². The molecule has 0 aromatic heterocycles. The van der Waals surface area contributed by atoms with Crippen molar-refractivity contribution < 1.29 is 13.9 Å². The number of phenolic OH excluding ortho intramolecular Hbond substituents is 1.